The third-order valence-corrected chi connectivity index (χ3v) is 4.75. The maximum atomic E-state index is 10.1. The number of nitrogens with one attached hydrogen (secondary N) is 2. The molecule has 1 aliphatic heterocycles. The van der Waals surface area contributed by atoms with Gasteiger partial charge < -0.3 is 30.1 Å². The van der Waals surface area contributed by atoms with Gasteiger partial charge in [-0.25, -0.2) is 0 Å². The lowest BCUT2D eigenvalue weighted by Crippen LogP contribution is -2.51. The third-order valence-electron chi connectivity index (χ3n) is 4.75. The standard InChI is InChI=1S/C22H38N4O3/c1-5-23-22(24-13-20(27)16-29-15-17(2)3)25-18-8-7-11-26(14-18)19-9-6-10-21(12-19)28-4/h6,9-10,12,17-18,20,27H,5,7-8,11,13-16H2,1-4H3,(H2,23,24,25). The molecule has 2 unspecified atom stereocenters. The largest absolute Gasteiger partial charge is 0.497 e. The van der Waals surface area contributed by atoms with Gasteiger partial charge in [0.25, 0.3) is 0 Å². The first kappa shape index (κ1) is 23.3. The summed E-state index contributed by atoms with van der Waals surface area (Å²) in [6.07, 6.45) is 1.61. The van der Waals surface area contributed by atoms with E-state index in [4.69, 9.17) is 9.47 Å². The summed E-state index contributed by atoms with van der Waals surface area (Å²) < 4.78 is 10.9. The minimum Gasteiger partial charge on any atom is -0.497 e. The molecule has 1 saturated heterocycles. The summed E-state index contributed by atoms with van der Waals surface area (Å²) >= 11 is 0. The number of benzene rings is 1. The first-order chi connectivity index (χ1) is 14.0. The molecule has 0 aliphatic carbocycles. The van der Waals surface area contributed by atoms with Gasteiger partial charge in [-0.2, -0.15) is 0 Å². The van der Waals surface area contributed by atoms with Crippen LogP contribution in [-0.4, -0.2) is 69.7 Å². The van der Waals surface area contributed by atoms with Crippen molar-refractivity contribution in [2.45, 2.75) is 45.8 Å². The summed E-state index contributed by atoms with van der Waals surface area (Å²) in [6.45, 7) is 10.2. The summed E-state index contributed by atoms with van der Waals surface area (Å²) in [6, 6.07) is 8.49. The normalized spacial score (nSPS) is 18.6. The van der Waals surface area contributed by atoms with Crippen LogP contribution in [-0.2, 0) is 4.74 Å². The Morgan fingerprint density at radius 2 is 2.17 bits per heavy atom. The van der Waals surface area contributed by atoms with Crippen LogP contribution in [0.4, 0.5) is 5.69 Å². The van der Waals surface area contributed by atoms with Crippen LogP contribution < -0.4 is 20.3 Å². The van der Waals surface area contributed by atoms with Gasteiger partial charge in [-0.05, 0) is 37.8 Å². The average Bonchev–Trinajstić information content (AvgIpc) is 2.72. The first-order valence-corrected chi connectivity index (χ1v) is 10.7. The minimum atomic E-state index is -0.594. The Morgan fingerprint density at radius 1 is 1.34 bits per heavy atom. The Morgan fingerprint density at radius 3 is 2.90 bits per heavy atom. The molecular weight excluding hydrogens is 368 g/mol. The van der Waals surface area contributed by atoms with Crippen molar-refractivity contribution >= 4 is 11.6 Å². The second-order valence-electron chi connectivity index (χ2n) is 7.94. The SMILES string of the molecule is CCNC(=NCC(O)COCC(C)C)NC1CCCN(c2cccc(OC)c2)C1. The number of guanidine groups is 1. The minimum absolute atomic E-state index is 0.294. The third kappa shape index (κ3) is 8.50. The molecule has 7 heteroatoms. The summed E-state index contributed by atoms with van der Waals surface area (Å²) in [5.74, 6) is 2.08. The number of methoxy groups -OCH3 is 1. The summed E-state index contributed by atoms with van der Waals surface area (Å²) in [5, 5.41) is 16.9. The molecule has 0 bridgehead atoms. The average molecular weight is 407 g/mol. The summed E-state index contributed by atoms with van der Waals surface area (Å²) in [4.78, 5) is 6.93. The van der Waals surface area contributed by atoms with E-state index >= 15 is 0 Å². The van der Waals surface area contributed by atoms with Crippen LogP contribution in [0.1, 0.15) is 33.6 Å². The number of anilines is 1. The van der Waals surface area contributed by atoms with Crippen LogP contribution in [0.25, 0.3) is 0 Å². The molecule has 1 fully saturated rings. The number of aliphatic hydroxyl groups excluding tert-OH is 1. The summed E-state index contributed by atoms with van der Waals surface area (Å²) in [7, 11) is 1.70. The molecule has 0 radical (unpaired) electrons. The zero-order chi connectivity index (χ0) is 21.1. The van der Waals surface area contributed by atoms with Gasteiger partial charge in [-0.3, -0.25) is 4.99 Å². The van der Waals surface area contributed by atoms with Crippen LogP contribution in [0, 0.1) is 5.92 Å². The van der Waals surface area contributed by atoms with Crippen LogP contribution >= 0.6 is 0 Å². The molecule has 1 heterocycles. The molecule has 1 aromatic carbocycles. The second kappa shape index (κ2) is 12.5. The van der Waals surface area contributed by atoms with Gasteiger partial charge in [0, 0.05) is 44.0 Å². The van der Waals surface area contributed by atoms with Crippen molar-refractivity contribution in [1.29, 1.82) is 0 Å². The van der Waals surface area contributed by atoms with E-state index in [9.17, 15) is 5.11 Å². The molecule has 3 N–H and O–H groups in total. The highest BCUT2D eigenvalue weighted by Gasteiger charge is 2.21. The number of ether oxygens (including phenoxy) is 2. The fourth-order valence-electron chi connectivity index (χ4n) is 3.34. The van der Waals surface area contributed by atoms with E-state index in [1.807, 2.05) is 19.1 Å². The number of hydrogen-bond donors (Lipinski definition) is 3. The molecule has 1 aliphatic rings. The van der Waals surface area contributed by atoms with E-state index in [1.165, 1.54) is 5.69 Å². The number of aliphatic imine (C=N–C) groups is 1. The highest BCUT2D eigenvalue weighted by atomic mass is 16.5. The zero-order valence-electron chi connectivity index (χ0n) is 18.4. The number of rotatable bonds is 10. The van der Waals surface area contributed by atoms with Crippen molar-refractivity contribution < 1.29 is 14.6 Å². The Balaban J connectivity index is 1.89. The monoisotopic (exact) mass is 406 g/mol. The van der Waals surface area contributed by atoms with Crippen molar-refractivity contribution in [2.24, 2.45) is 10.9 Å². The van der Waals surface area contributed by atoms with Gasteiger partial charge in [0.1, 0.15) is 5.75 Å². The molecule has 0 amide bonds. The highest BCUT2D eigenvalue weighted by molar-refractivity contribution is 5.80. The Kier molecular flexibility index (Phi) is 10.1. The van der Waals surface area contributed by atoms with Crippen LogP contribution in [0.2, 0.25) is 0 Å². The molecule has 29 heavy (non-hydrogen) atoms. The quantitative estimate of drug-likeness (QED) is 0.409. The van der Waals surface area contributed by atoms with E-state index in [-0.39, 0.29) is 0 Å². The topological polar surface area (TPSA) is 78.4 Å². The number of piperidine rings is 1. The fourth-order valence-corrected chi connectivity index (χ4v) is 3.34. The van der Waals surface area contributed by atoms with Gasteiger partial charge in [0.05, 0.1) is 26.4 Å². The van der Waals surface area contributed by atoms with E-state index in [1.54, 1.807) is 7.11 Å². The number of aliphatic hydroxyl groups is 1. The number of nitrogens with zero attached hydrogens (tertiary/aromatic N) is 2. The molecule has 0 spiro atoms. The Labute approximate surface area is 175 Å². The van der Waals surface area contributed by atoms with E-state index in [0.717, 1.165) is 44.2 Å². The Hall–Kier alpha value is -1.99. The smallest absolute Gasteiger partial charge is 0.191 e. The predicted molar refractivity (Wildman–Crippen MR) is 119 cm³/mol. The lowest BCUT2D eigenvalue weighted by molar-refractivity contribution is 0.0301. The molecule has 1 aromatic rings. The van der Waals surface area contributed by atoms with E-state index in [2.05, 4.69) is 46.5 Å². The lowest BCUT2D eigenvalue weighted by Gasteiger charge is -2.35. The van der Waals surface area contributed by atoms with E-state index < -0.39 is 6.10 Å². The van der Waals surface area contributed by atoms with Gasteiger partial charge in [-0.15, -0.1) is 0 Å². The molecular formula is C22H38N4O3. The number of hydrogen-bond acceptors (Lipinski definition) is 5. The van der Waals surface area contributed by atoms with Crippen molar-refractivity contribution in [2.75, 3.05) is 51.4 Å². The first-order valence-electron chi connectivity index (χ1n) is 10.7. The van der Waals surface area contributed by atoms with Crippen molar-refractivity contribution in [3.05, 3.63) is 24.3 Å². The molecule has 2 atom stereocenters. The maximum absolute atomic E-state index is 10.1. The van der Waals surface area contributed by atoms with Crippen molar-refractivity contribution in [3.8, 4) is 5.75 Å². The lowest BCUT2D eigenvalue weighted by atomic mass is 10.0. The van der Waals surface area contributed by atoms with Gasteiger partial charge in [0.2, 0.25) is 0 Å². The second-order valence-corrected chi connectivity index (χ2v) is 7.94. The van der Waals surface area contributed by atoms with Gasteiger partial charge in [0.15, 0.2) is 5.96 Å². The van der Waals surface area contributed by atoms with Crippen LogP contribution in [0.15, 0.2) is 29.3 Å². The van der Waals surface area contributed by atoms with Crippen LogP contribution in [0.5, 0.6) is 5.75 Å². The summed E-state index contributed by atoms with van der Waals surface area (Å²) in [5.41, 5.74) is 1.18. The predicted octanol–water partition coefficient (Wildman–Crippen LogP) is 2.25. The highest BCUT2D eigenvalue weighted by Crippen LogP contribution is 2.24. The molecule has 2 rings (SSSR count). The molecule has 0 saturated carbocycles. The van der Waals surface area contributed by atoms with Gasteiger partial charge in [-0.1, -0.05) is 19.9 Å². The van der Waals surface area contributed by atoms with Crippen LogP contribution in [0.3, 0.4) is 0 Å². The molecule has 164 valence electrons. The maximum Gasteiger partial charge on any atom is 0.191 e. The molecule has 7 nitrogen and oxygen atoms in total. The van der Waals surface area contributed by atoms with Gasteiger partial charge >= 0.3 is 0 Å². The Bertz CT molecular complexity index is 624. The van der Waals surface area contributed by atoms with Crippen molar-refractivity contribution in [1.82, 2.24) is 10.6 Å². The fraction of sp³-hybridized carbons (Fsp3) is 0.682. The van der Waals surface area contributed by atoms with E-state index in [0.29, 0.717) is 31.7 Å². The zero-order valence-corrected chi connectivity index (χ0v) is 18.4. The molecule has 0 aromatic heterocycles. The van der Waals surface area contributed by atoms with Crippen molar-refractivity contribution in [3.63, 3.8) is 0 Å².